The molecule has 0 amide bonds. The van der Waals surface area contributed by atoms with E-state index in [9.17, 15) is 8.42 Å². The van der Waals surface area contributed by atoms with Gasteiger partial charge in [-0.05, 0) is 6.42 Å². The first kappa shape index (κ1) is 15.1. The molecule has 1 aliphatic rings. The van der Waals surface area contributed by atoms with Crippen molar-refractivity contribution < 1.29 is 8.42 Å². The van der Waals surface area contributed by atoms with Gasteiger partial charge in [0.1, 0.15) is 5.82 Å². The second-order valence-electron chi connectivity index (χ2n) is 5.96. The van der Waals surface area contributed by atoms with E-state index in [0.29, 0.717) is 19.5 Å². The van der Waals surface area contributed by atoms with E-state index >= 15 is 0 Å². The average Bonchev–Trinajstić information content (AvgIpc) is 2.99. The number of aromatic nitrogens is 3. The van der Waals surface area contributed by atoms with E-state index < -0.39 is 9.84 Å². The van der Waals surface area contributed by atoms with Crippen LogP contribution in [0.25, 0.3) is 16.9 Å². The van der Waals surface area contributed by atoms with Crippen LogP contribution in [0.4, 0.5) is 5.82 Å². The second-order valence-corrected chi connectivity index (χ2v) is 8.26. The molecular formula is C17H18N4O2S. The first-order chi connectivity index (χ1) is 11.6. The highest BCUT2D eigenvalue weighted by Gasteiger charge is 2.22. The van der Waals surface area contributed by atoms with E-state index in [0.717, 1.165) is 22.7 Å². The van der Waals surface area contributed by atoms with Crippen molar-refractivity contribution in [3.8, 4) is 11.3 Å². The number of hydrogen-bond donors (Lipinski definition) is 0. The van der Waals surface area contributed by atoms with Gasteiger partial charge in [0, 0.05) is 30.8 Å². The van der Waals surface area contributed by atoms with Gasteiger partial charge in [-0.15, -0.1) is 0 Å². The molecule has 0 N–H and O–H groups in total. The lowest BCUT2D eigenvalue weighted by molar-refractivity contribution is 0.597. The zero-order valence-electron chi connectivity index (χ0n) is 13.2. The minimum Gasteiger partial charge on any atom is -0.355 e. The summed E-state index contributed by atoms with van der Waals surface area (Å²) in [5, 5.41) is 4.36. The minimum absolute atomic E-state index is 0.179. The van der Waals surface area contributed by atoms with Gasteiger partial charge in [0.2, 0.25) is 0 Å². The molecule has 7 heteroatoms. The van der Waals surface area contributed by atoms with Crippen LogP contribution in [0.1, 0.15) is 6.42 Å². The third kappa shape index (κ3) is 2.87. The van der Waals surface area contributed by atoms with Crippen molar-refractivity contribution in [1.82, 2.24) is 14.6 Å². The number of fused-ring (bicyclic) bond motifs is 1. The molecular weight excluding hydrogens is 324 g/mol. The van der Waals surface area contributed by atoms with Crippen LogP contribution in [0.5, 0.6) is 0 Å². The highest BCUT2D eigenvalue weighted by Crippen LogP contribution is 2.25. The Balaban J connectivity index is 1.81. The summed E-state index contributed by atoms with van der Waals surface area (Å²) in [4.78, 5) is 6.76. The SMILES string of the molecule is O=S1(=O)CCCN(c2cc(-c3ccccc3)nc3ccnn23)CC1. The summed E-state index contributed by atoms with van der Waals surface area (Å²) in [6.45, 7) is 1.18. The molecule has 0 unspecified atom stereocenters. The highest BCUT2D eigenvalue weighted by molar-refractivity contribution is 7.91. The molecule has 0 atom stereocenters. The quantitative estimate of drug-likeness (QED) is 0.713. The number of rotatable bonds is 2. The molecule has 0 spiro atoms. The number of sulfone groups is 1. The summed E-state index contributed by atoms with van der Waals surface area (Å²) in [6.07, 6.45) is 2.35. The summed E-state index contributed by atoms with van der Waals surface area (Å²) < 4.78 is 25.6. The first-order valence-electron chi connectivity index (χ1n) is 7.98. The van der Waals surface area contributed by atoms with Crippen LogP contribution < -0.4 is 4.90 Å². The maximum Gasteiger partial charge on any atom is 0.157 e. The van der Waals surface area contributed by atoms with Crippen molar-refractivity contribution in [2.75, 3.05) is 29.5 Å². The maximum atomic E-state index is 11.9. The standard InChI is InChI=1S/C17H18N4O2S/c22-24(23)11-4-9-20(10-12-24)17-13-15(14-5-2-1-3-6-14)19-16-7-8-18-21(16)17/h1-3,5-8,13H,4,9-12H2. The van der Waals surface area contributed by atoms with Gasteiger partial charge in [-0.2, -0.15) is 9.61 Å². The summed E-state index contributed by atoms with van der Waals surface area (Å²) >= 11 is 0. The third-order valence-electron chi connectivity index (χ3n) is 4.29. The number of nitrogens with zero attached hydrogens (tertiary/aromatic N) is 4. The molecule has 4 rings (SSSR count). The predicted octanol–water partition coefficient (Wildman–Crippen LogP) is 2.02. The Hall–Kier alpha value is -2.41. The van der Waals surface area contributed by atoms with Crippen molar-refractivity contribution in [3.63, 3.8) is 0 Å². The van der Waals surface area contributed by atoms with Gasteiger partial charge in [-0.25, -0.2) is 13.4 Å². The smallest absolute Gasteiger partial charge is 0.157 e. The van der Waals surface area contributed by atoms with Gasteiger partial charge in [0.05, 0.1) is 23.4 Å². The zero-order valence-corrected chi connectivity index (χ0v) is 14.0. The Morgan fingerprint density at radius 1 is 1.00 bits per heavy atom. The Bertz CT molecular complexity index is 967. The molecule has 0 bridgehead atoms. The second kappa shape index (κ2) is 5.90. The van der Waals surface area contributed by atoms with Gasteiger partial charge >= 0.3 is 0 Å². The lowest BCUT2D eigenvalue weighted by Crippen LogP contribution is -2.29. The summed E-state index contributed by atoms with van der Waals surface area (Å²) in [6, 6.07) is 13.8. The third-order valence-corrected chi connectivity index (χ3v) is 6.00. The van der Waals surface area contributed by atoms with Gasteiger partial charge in [-0.1, -0.05) is 30.3 Å². The molecule has 1 fully saturated rings. The van der Waals surface area contributed by atoms with Crippen LogP contribution in [0.15, 0.2) is 48.7 Å². The average molecular weight is 342 g/mol. The maximum absolute atomic E-state index is 11.9. The molecule has 1 aliphatic heterocycles. The van der Waals surface area contributed by atoms with Crippen molar-refractivity contribution in [2.45, 2.75) is 6.42 Å². The van der Waals surface area contributed by atoms with E-state index in [4.69, 9.17) is 0 Å². The predicted molar refractivity (Wildman–Crippen MR) is 93.9 cm³/mol. The van der Waals surface area contributed by atoms with Crippen molar-refractivity contribution >= 4 is 21.3 Å². The molecule has 2 aromatic heterocycles. The van der Waals surface area contributed by atoms with Gasteiger partial charge in [0.25, 0.3) is 0 Å². The van der Waals surface area contributed by atoms with Crippen LogP contribution in [0, 0.1) is 0 Å². The molecule has 3 heterocycles. The van der Waals surface area contributed by atoms with Gasteiger partial charge in [-0.3, -0.25) is 0 Å². The summed E-state index contributed by atoms with van der Waals surface area (Å²) in [5.74, 6) is 1.32. The normalized spacial score (nSPS) is 17.8. The lowest BCUT2D eigenvalue weighted by atomic mass is 10.1. The molecule has 1 saturated heterocycles. The Morgan fingerprint density at radius 3 is 2.67 bits per heavy atom. The molecule has 0 aliphatic carbocycles. The van der Waals surface area contributed by atoms with E-state index in [2.05, 4.69) is 15.0 Å². The molecule has 3 aromatic rings. The van der Waals surface area contributed by atoms with Crippen molar-refractivity contribution in [1.29, 1.82) is 0 Å². The number of benzene rings is 1. The van der Waals surface area contributed by atoms with Crippen molar-refractivity contribution in [2.24, 2.45) is 0 Å². The largest absolute Gasteiger partial charge is 0.355 e. The van der Waals surface area contributed by atoms with E-state index in [1.807, 2.05) is 42.5 Å². The molecule has 0 radical (unpaired) electrons. The fraction of sp³-hybridized carbons (Fsp3) is 0.294. The fourth-order valence-electron chi connectivity index (χ4n) is 3.05. The Kier molecular flexibility index (Phi) is 3.72. The van der Waals surface area contributed by atoms with Gasteiger partial charge < -0.3 is 4.90 Å². The van der Waals surface area contributed by atoms with Crippen LogP contribution in [-0.2, 0) is 9.84 Å². The van der Waals surface area contributed by atoms with E-state index in [-0.39, 0.29) is 11.5 Å². The summed E-state index contributed by atoms with van der Waals surface area (Å²) in [5.41, 5.74) is 2.66. The fourth-order valence-corrected chi connectivity index (χ4v) is 4.32. The highest BCUT2D eigenvalue weighted by atomic mass is 32.2. The molecule has 0 saturated carbocycles. The van der Waals surface area contributed by atoms with E-state index in [1.165, 1.54) is 0 Å². The van der Waals surface area contributed by atoms with Crippen LogP contribution in [0.2, 0.25) is 0 Å². The molecule has 1 aromatic carbocycles. The van der Waals surface area contributed by atoms with E-state index in [1.54, 1.807) is 10.7 Å². The van der Waals surface area contributed by atoms with Crippen molar-refractivity contribution in [3.05, 3.63) is 48.7 Å². The minimum atomic E-state index is -2.95. The van der Waals surface area contributed by atoms with Gasteiger partial charge in [0.15, 0.2) is 15.5 Å². The molecule has 124 valence electrons. The lowest BCUT2D eigenvalue weighted by Gasteiger charge is -2.23. The molecule has 6 nitrogen and oxygen atoms in total. The zero-order chi connectivity index (χ0) is 16.6. The monoisotopic (exact) mass is 342 g/mol. The Morgan fingerprint density at radius 2 is 1.83 bits per heavy atom. The van der Waals surface area contributed by atoms with Crippen LogP contribution in [-0.4, -0.2) is 47.6 Å². The van der Waals surface area contributed by atoms with Crippen LogP contribution in [0.3, 0.4) is 0 Å². The number of hydrogen-bond acceptors (Lipinski definition) is 5. The summed E-state index contributed by atoms with van der Waals surface area (Å²) in [7, 11) is -2.95. The topological polar surface area (TPSA) is 67.6 Å². The number of anilines is 1. The first-order valence-corrected chi connectivity index (χ1v) is 9.80. The van der Waals surface area contributed by atoms with Crippen LogP contribution >= 0.6 is 0 Å². The Labute approximate surface area is 140 Å². The molecule has 24 heavy (non-hydrogen) atoms.